The van der Waals surface area contributed by atoms with Gasteiger partial charge in [0.1, 0.15) is 0 Å². The third-order valence-electron chi connectivity index (χ3n) is 4.02. The second kappa shape index (κ2) is 6.25. The predicted molar refractivity (Wildman–Crippen MR) is 83.0 cm³/mol. The van der Waals surface area contributed by atoms with E-state index in [4.69, 9.17) is 5.73 Å². The van der Waals surface area contributed by atoms with Gasteiger partial charge in [-0.3, -0.25) is 4.90 Å². The van der Waals surface area contributed by atoms with Crippen LogP contribution in [0.2, 0.25) is 0 Å². The first-order chi connectivity index (χ1) is 8.97. The van der Waals surface area contributed by atoms with Crippen molar-refractivity contribution in [3.05, 3.63) is 27.7 Å². The summed E-state index contributed by atoms with van der Waals surface area (Å²) in [6.07, 6.45) is 3.97. The SMILES string of the molecule is Cc1cc(Br)c(N)c(CN(C)[C@H]2CCC[C@@H](O)C2)c1. The Hall–Kier alpha value is -0.580. The van der Waals surface area contributed by atoms with Crippen LogP contribution in [0.15, 0.2) is 16.6 Å². The van der Waals surface area contributed by atoms with Crippen molar-refractivity contribution < 1.29 is 5.11 Å². The molecule has 3 N–H and O–H groups in total. The Balaban J connectivity index is 2.08. The zero-order valence-corrected chi connectivity index (χ0v) is 13.3. The number of nitrogen functional groups attached to an aromatic ring is 1. The van der Waals surface area contributed by atoms with E-state index >= 15 is 0 Å². The van der Waals surface area contributed by atoms with Crippen LogP contribution >= 0.6 is 15.9 Å². The Morgan fingerprint density at radius 1 is 1.42 bits per heavy atom. The topological polar surface area (TPSA) is 49.5 Å². The number of halogens is 1. The van der Waals surface area contributed by atoms with Gasteiger partial charge in [-0.2, -0.15) is 0 Å². The Labute approximate surface area is 123 Å². The van der Waals surface area contributed by atoms with Crippen LogP contribution < -0.4 is 5.73 Å². The standard InChI is InChI=1S/C15H23BrN2O/c1-10-6-11(15(17)14(16)7-10)9-18(2)12-4-3-5-13(19)8-12/h6-7,12-13,19H,3-5,8-9,17H2,1-2H3/t12-,13+/m0/s1. The Bertz CT molecular complexity index is 450. The molecule has 2 rings (SSSR count). The number of hydrogen-bond acceptors (Lipinski definition) is 3. The molecule has 1 aliphatic rings. The molecule has 1 saturated carbocycles. The highest BCUT2D eigenvalue weighted by atomic mass is 79.9. The maximum atomic E-state index is 9.78. The molecule has 0 aromatic heterocycles. The molecule has 0 aliphatic heterocycles. The lowest BCUT2D eigenvalue weighted by molar-refractivity contribution is 0.0701. The lowest BCUT2D eigenvalue weighted by Crippen LogP contribution is -2.37. The number of anilines is 1. The summed E-state index contributed by atoms with van der Waals surface area (Å²) in [5.41, 5.74) is 9.34. The monoisotopic (exact) mass is 326 g/mol. The molecule has 19 heavy (non-hydrogen) atoms. The van der Waals surface area contributed by atoms with Crippen molar-refractivity contribution in [3.8, 4) is 0 Å². The van der Waals surface area contributed by atoms with Crippen LogP contribution in [0.4, 0.5) is 5.69 Å². The van der Waals surface area contributed by atoms with Gasteiger partial charge >= 0.3 is 0 Å². The summed E-state index contributed by atoms with van der Waals surface area (Å²) in [4.78, 5) is 2.32. The third kappa shape index (κ3) is 3.71. The average molecular weight is 327 g/mol. The van der Waals surface area contributed by atoms with Crippen LogP contribution in [0.3, 0.4) is 0 Å². The van der Waals surface area contributed by atoms with Crippen molar-refractivity contribution in [3.63, 3.8) is 0 Å². The molecule has 2 atom stereocenters. The van der Waals surface area contributed by atoms with Gasteiger partial charge in [-0.05, 0) is 72.8 Å². The van der Waals surface area contributed by atoms with Gasteiger partial charge in [0.15, 0.2) is 0 Å². The van der Waals surface area contributed by atoms with Gasteiger partial charge < -0.3 is 10.8 Å². The third-order valence-corrected chi connectivity index (χ3v) is 4.68. The summed E-state index contributed by atoms with van der Waals surface area (Å²) in [6, 6.07) is 4.65. The van der Waals surface area contributed by atoms with E-state index in [9.17, 15) is 5.11 Å². The highest BCUT2D eigenvalue weighted by Crippen LogP contribution is 2.28. The molecular formula is C15H23BrN2O. The zero-order chi connectivity index (χ0) is 14.0. The molecule has 0 saturated heterocycles. The summed E-state index contributed by atoms with van der Waals surface area (Å²) in [5, 5.41) is 9.78. The van der Waals surface area contributed by atoms with E-state index in [2.05, 4.69) is 40.9 Å². The van der Waals surface area contributed by atoms with E-state index in [0.29, 0.717) is 6.04 Å². The Morgan fingerprint density at radius 3 is 2.84 bits per heavy atom. The number of hydrogen-bond donors (Lipinski definition) is 2. The first-order valence-electron chi connectivity index (χ1n) is 6.90. The largest absolute Gasteiger partial charge is 0.398 e. The summed E-state index contributed by atoms with van der Waals surface area (Å²) in [7, 11) is 2.12. The average Bonchev–Trinajstić information content (AvgIpc) is 2.35. The first kappa shape index (κ1) is 14.8. The Morgan fingerprint density at radius 2 is 2.16 bits per heavy atom. The van der Waals surface area contributed by atoms with Crippen molar-refractivity contribution in [2.75, 3.05) is 12.8 Å². The highest BCUT2D eigenvalue weighted by molar-refractivity contribution is 9.10. The lowest BCUT2D eigenvalue weighted by Gasteiger charge is -2.33. The summed E-state index contributed by atoms with van der Waals surface area (Å²) in [6.45, 7) is 2.92. The van der Waals surface area contributed by atoms with Crippen LogP contribution in [-0.4, -0.2) is 29.2 Å². The van der Waals surface area contributed by atoms with Gasteiger partial charge in [0, 0.05) is 17.1 Å². The number of aryl methyl sites for hydroxylation is 1. The molecule has 3 nitrogen and oxygen atoms in total. The molecule has 0 radical (unpaired) electrons. The van der Waals surface area contributed by atoms with E-state index < -0.39 is 0 Å². The van der Waals surface area contributed by atoms with Crippen molar-refractivity contribution >= 4 is 21.6 Å². The molecule has 106 valence electrons. The van der Waals surface area contributed by atoms with Crippen molar-refractivity contribution in [1.29, 1.82) is 0 Å². The van der Waals surface area contributed by atoms with Gasteiger partial charge in [-0.1, -0.05) is 6.07 Å². The lowest BCUT2D eigenvalue weighted by atomic mass is 9.92. The molecule has 0 spiro atoms. The smallest absolute Gasteiger partial charge is 0.0555 e. The van der Waals surface area contributed by atoms with Crippen LogP contribution in [0.5, 0.6) is 0 Å². The molecule has 0 amide bonds. The molecule has 1 aromatic carbocycles. The van der Waals surface area contributed by atoms with Crippen molar-refractivity contribution in [2.24, 2.45) is 0 Å². The highest BCUT2D eigenvalue weighted by Gasteiger charge is 2.23. The van der Waals surface area contributed by atoms with Crippen molar-refractivity contribution in [1.82, 2.24) is 4.90 Å². The molecule has 0 heterocycles. The first-order valence-corrected chi connectivity index (χ1v) is 7.69. The molecule has 1 fully saturated rings. The number of rotatable bonds is 3. The number of benzene rings is 1. The van der Waals surface area contributed by atoms with Crippen LogP contribution in [0.25, 0.3) is 0 Å². The van der Waals surface area contributed by atoms with Crippen molar-refractivity contribution in [2.45, 2.75) is 51.3 Å². The molecule has 0 unspecified atom stereocenters. The maximum absolute atomic E-state index is 9.78. The van der Waals surface area contributed by atoms with Gasteiger partial charge in [0.2, 0.25) is 0 Å². The molecule has 1 aromatic rings. The van der Waals surface area contributed by atoms with E-state index in [1.54, 1.807) is 0 Å². The molecule has 0 bridgehead atoms. The minimum atomic E-state index is -0.136. The summed E-state index contributed by atoms with van der Waals surface area (Å²) in [5.74, 6) is 0. The fraction of sp³-hybridized carbons (Fsp3) is 0.600. The normalized spacial score (nSPS) is 23.8. The summed E-state index contributed by atoms with van der Waals surface area (Å²) >= 11 is 3.51. The number of aliphatic hydroxyl groups excluding tert-OH is 1. The van der Waals surface area contributed by atoms with E-state index in [1.807, 2.05) is 6.07 Å². The second-order valence-corrected chi connectivity index (χ2v) is 6.56. The van der Waals surface area contributed by atoms with E-state index in [-0.39, 0.29) is 6.10 Å². The quantitative estimate of drug-likeness (QED) is 0.839. The predicted octanol–water partition coefficient (Wildman–Crippen LogP) is 3.08. The number of nitrogens with zero attached hydrogens (tertiary/aromatic N) is 1. The fourth-order valence-electron chi connectivity index (χ4n) is 2.89. The minimum Gasteiger partial charge on any atom is -0.398 e. The van der Waals surface area contributed by atoms with Crippen LogP contribution in [0, 0.1) is 6.92 Å². The maximum Gasteiger partial charge on any atom is 0.0555 e. The van der Waals surface area contributed by atoms with E-state index in [1.165, 1.54) is 12.0 Å². The van der Waals surface area contributed by atoms with Gasteiger partial charge in [-0.25, -0.2) is 0 Å². The fourth-order valence-corrected chi connectivity index (χ4v) is 3.51. The summed E-state index contributed by atoms with van der Waals surface area (Å²) < 4.78 is 0.972. The molecule has 1 aliphatic carbocycles. The minimum absolute atomic E-state index is 0.136. The Kier molecular flexibility index (Phi) is 4.87. The molecular weight excluding hydrogens is 304 g/mol. The van der Waals surface area contributed by atoms with Gasteiger partial charge in [-0.15, -0.1) is 0 Å². The van der Waals surface area contributed by atoms with E-state index in [0.717, 1.165) is 41.5 Å². The van der Waals surface area contributed by atoms with Gasteiger partial charge in [0.05, 0.1) is 11.8 Å². The van der Waals surface area contributed by atoms with Crippen LogP contribution in [0.1, 0.15) is 36.8 Å². The van der Waals surface area contributed by atoms with Gasteiger partial charge in [0.25, 0.3) is 0 Å². The van der Waals surface area contributed by atoms with Crippen LogP contribution in [-0.2, 0) is 6.54 Å². The number of nitrogens with two attached hydrogens (primary N) is 1. The molecule has 4 heteroatoms. The zero-order valence-electron chi connectivity index (χ0n) is 11.7. The second-order valence-electron chi connectivity index (χ2n) is 5.71. The number of aliphatic hydroxyl groups is 1.